The summed E-state index contributed by atoms with van der Waals surface area (Å²) in [5, 5.41) is 6.70. The first-order valence-electron chi connectivity index (χ1n) is 9.04. The molecular weight excluding hydrogens is 328 g/mol. The number of H-pyrrole nitrogens is 1. The van der Waals surface area contributed by atoms with E-state index in [-0.39, 0.29) is 11.9 Å². The van der Waals surface area contributed by atoms with E-state index in [1.807, 2.05) is 41.7 Å². The molecule has 1 saturated heterocycles. The number of piperidine rings is 1. The summed E-state index contributed by atoms with van der Waals surface area (Å²) in [5.74, 6) is 0.824. The number of benzene rings is 1. The van der Waals surface area contributed by atoms with Crippen molar-refractivity contribution < 1.29 is 4.79 Å². The summed E-state index contributed by atoms with van der Waals surface area (Å²) in [6, 6.07) is 7.87. The largest absolute Gasteiger partial charge is 0.337 e. The minimum Gasteiger partial charge on any atom is -0.337 e. The van der Waals surface area contributed by atoms with E-state index >= 15 is 0 Å². The number of aryl methyl sites for hydroxylation is 1. The van der Waals surface area contributed by atoms with Crippen LogP contribution in [0, 0.1) is 0 Å². The van der Waals surface area contributed by atoms with Crippen molar-refractivity contribution in [2.45, 2.75) is 38.3 Å². The SMILES string of the molecule is O=C(c1ccc(-c2ncn[nH]2)cc1)N1CCCC[C@H]1CCn1ccnc1. The molecule has 1 aliphatic rings. The third-order valence-corrected chi connectivity index (χ3v) is 4.99. The molecule has 0 aliphatic carbocycles. The second-order valence-corrected chi connectivity index (χ2v) is 6.65. The third kappa shape index (κ3) is 3.51. The molecule has 134 valence electrons. The Kier molecular flexibility index (Phi) is 4.77. The molecule has 1 aromatic carbocycles. The molecule has 0 unspecified atom stereocenters. The maximum absolute atomic E-state index is 13.0. The predicted molar refractivity (Wildman–Crippen MR) is 97.3 cm³/mol. The number of carbonyl (C=O) groups excluding carboxylic acids is 1. The number of nitrogens with one attached hydrogen (secondary N) is 1. The number of amides is 1. The lowest BCUT2D eigenvalue weighted by atomic mass is 9.98. The van der Waals surface area contributed by atoms with Gasteiger partial charge in [-0.2, -0.15) is 5.10 Å². The van der Waals surface area contributed by atoms with Gasteiger partial charge in [-0.1, -0.05) is 12.1 Å². The number of aromatic nitrogens is 5. The highest BCUT2D eigenvalue weighted by Crippen LogP contribution is 2.23. The van der Waals surface area contributed by atoms with Gasteiger partial charge >= 0.3 is 0 Å². The van der Waals surface area contributed by atoms with Crippen LogP contribution in [0.5, 0.6) is 0 Å². The van der Waals surface area contributed by atoms with E-state index in [9.17, 15) is 4.79 Å². The monoisotopic (exact) mass is 350 g/mol. The first-order valence-corrected chi connectivity index (χ1v) is 9.04. The fourth-order valence-corrected chi connectivity index (χ4v) is 3.57. The van der Waals surface area contributed by atoms with Crippen LogP contribution in [0.1, 0.15) is 36.0 Å². The van der Waals surface area contributed by atoms with E-state index in [1.54, 1.807) is 6.20 Å². The van der Waals surface area contributed by atoms with Gasteiger partial charge in [0.15, 0.2) is 5.82 Å². The number of aromatic amines is 1. The van der Waals surface area contributed by atoms with Crippen LogP contribution in [0.3, 0.4) is 0 Å². The van der Waals surface area contributed by atoms with Gasteiger partial charge in [0, 0.05) is 42.7 Å². The standard InChI is InChI=1S/C19H22N6O/c26-19(16-6-4-15(5-7-16)18-21-13-22-23-18)25-10-2-1-3-17(25)8-11-24-12-9-20-14-24/h4-7,9,12-14,17H,1-3,8,10-11H2,(H,21,22,23)/t17-/m0/s1. The molecule has 3 heterocycles. The van der Waals surface area contributed by atoms with E-state index in [0.717, 1.165) is 43.5 Å². The van der Waals surface area contributed by atoms with Crippen LogP contribution < -0.4 is 0 Å². The van der Waals surface area contributed by atoms with Crippen LogP contribution in [0.4, 0.5) is 0 Å². The lowest BCUT2D eigenvalue weighted by Gasteiger charge is -2.36. The fourth-order valence-electron chi connectivity index (χ4n) is 3.57. The smallest absolute Gasteiger partial charge is 0.254 e. The van der Waals surface area contributed by atoms with Crippen molar-refractivity contribution in [3.05, 3.63) is 54.9 Å². The fraction of sp³-hybridized carbons (Fsp3) is 0.368. The highest BCUT2D eigenvalue weighted by molar-refractivity contribution is 5.94. The van der Waals surface area contributed by atoms with Crippen molar-refractivity contribution in [2.75, 3.05) is 6.54 Å². The molecule has 7 nitrogen and oxygen atoms in total. The van der Waals surface area contributed by atoms with E-state index in [0.29, 0.717) is 5.82 Å². The van der Waals surface area contributed by atoms with E-state index < -0.39 is 0 Å². The zero-order valence-corrected chi connectivity index (χ0v) is 14.6. The normalized spacial score (nSPS) is 17.4. The van der Waals surface area contributed by atoms with Crippen molar-refractivity contribution in [2.24, 2.45) is 0 Å². The van der Waals surface area contributed by atoms with Crippen molar-refractivity contribution in [3.63, 3.8) is 0 Å². The van der Waals surface area contributed by atoms with Crippen LogP contribution >= 0.6 is 0 Å². The average molecular weight is 350 g/mol. The van der Waals surface area contributed by atoms with Gasteiger partial charge in [-0.15, -0.1) is 0 Å². The molecule has 4 rings (SSSR count). The summed E-state index contributed by atoms with van der Waals surface area (Å²) in [6.07, 6.45) is 11.3. The summed E-state index contributed by atoms with van der Waals surface area (Å²) in [6.45, 7) is 1.72. The number of carbonyl (C=O) groups is 1. The van der Waals surface area contributed by atoms with Crippen molar-refractivity contribution >= 4 is 5.91 Å². The zero-order valence-electron chi connectivity index (χ0n) is 14.6. The topological polar surface area (TPSA) is 79.7 Å². The highest BCUT2D eigenvalue weighted by Gasteiger charge is 2.27. The van der Waals surface area contributed by atoms with Gasteiger partial charge in [-0.25, -0.2) is 9.97 Å². The zero-order chi connectivity index (χ0) is 17.8. The molecule has 0 radical (unpaired) electrons. The molecule has 1 amide bonds. The Hall–Kier alpha value is -2.96. The Morgan fingerprint density at radius 3 is 2.85 bits per heavy atom. The molecule has 0 saturated carbocycles. The van der Waals surface area contributed by atoms with Gasteiger partial charge in [-0.05, 0) is 37.8 Å². The Bertz CT molecular complexity index is 826. The molecule has 1 atom stereocenters. The molecule has 26 heavy (non-hydrogen) atoms. The molecule has 3 aromatic rings. The van der Waals surface area contributed by atoms with Gasteiger partial charge in [-0.3, -0.25) is 9.89 Å². The molecule has 1 aliphatic heterocycles. The Morgan fingerprint density at radius 1 is 1.23 bits per heavy atom. The van der Waals surface area contributed by atoms with Gasteiger partial charge in [0.05, 0.1) is 6.33 Å². The van der Waals surface area contributed by atoms with Crippen LogP contribution in [-0.2, 0) is 6.54 Å². The number of nitrogens with zero attached hydrogens (tertiary/aromatic N) is 5. The number of rotatable bonds is 5. The number of imidazole rings is 1. The number of hydrogen-bond donors (Lipinski definition) is 1. The molecule has 0 spiro atoms. The summed E-state index contributed by atoms with van der Waals surface area (Å²) in [5.41, 5.74) is 1.65. The van der Waals surface area contributed by atoms with Gasteiger partial charge in [0.1, 0.15) is 6.33 Å². The molecule has 0 bridgehead atoms. The Morgan fingerprint density at radius 2 is 2.12 bits per heavy atom. The van der Waals surface area contributed by atoms with Crippen molar-refractivity contribution in [1.29, 1.82) is 0 Å². The summed E-state index contributed by atoms with van der Waals surface area (Å²) in [4.78, 5) is 23.3. The molecule has 2 aromatic heterocycles. The maximum Gasteiger partial charge on any atom is 0.254 e. The van der Waals surface area contributed by atoms with Crippen LogP contribution in [0.15, 0.2) is 49.3 Å². The van der Waals surface area contributed by atoms with Crippen LogP contribution in [0.2, 0.25) is 0 Å². The molecule has 7 heteroatoms. The van der Waals surface area contributed by atoms with Crippen LogP contribution in [-0.4, -0.2) is 48.1 Å². The minimum absolute atomic E-state index is 0.115. The summed E-state index contributed by atoms with van der Waals surface area (Å²) in [7, 11) is 0. The Labute approximate surface area is 152 Å². The number of hydrogen-bond acceptors (Lipinski definition) is 4. The third-order valence-electron chi connectivity index (χ3n) is 4.99. The lowest BCUT2D eigenvalue weighted by molar-refractivity contribution is 0.0595. The molecule has 1 N–H and O–H groups in total. The summed E-state index contributed by atoms with van der Waals surface area (Å²) >= 11 is 0. The van der Waals surface area contributed by atoms with Gasteiger partial charge in [0.25, 0.3) is 5.91 Å². The van der Waals surface area contributed by atoms with Crippen molar-refractivity contribution in [1.82, 2.24) is 29.6 Å². The van der Waals surface area contributed by atoms with E-state index in [2.05, 4.69) is 24.7 Å². The van der Waals surface area contributed by atoms with Crippen LogP contribution in [0.25, 0.3) is 11.4 Å². The first kappa shape index (κ1) is 16.5. The maximum atomic E-state index is 13.0. The van der Waals surface area contributed by atoms with Gasteiger partial charge < -0.3 is 9.47 Å². The molecular formula is C19H22N6O. The summed E-state index contributed by atoms with van der Waals surface area (Å²) < 4.78 is 2.07. The van der Waals surface area contributed by atoms with Gasteiger partial charge in [0.2, 0.25) is 0 Å². The lowest BCUT2D eigenvalue weighted by Crippen LogP contribution is -2.44. The van der Waals surface area contributed by atoms with E-state index in [1.165, 1.54) is 12.7 Å². The second kappa shape index (κ2) is 7.51. The average Bonchev–Trinajstić information content (AvgIpc) is 3.40. The Balaban J connectivity index is 1.46. The first-order chi connectivity index (χ1) is 12.8. The second-order valence-electron chi connectivity index (χ2n) is 6.65. The predicted octanol–water partition coefficient (Wildman–Crippen LogP) is 2.75. The van der Waals surface area contributed by atoms with E-state index in [4.69, 9.17) is 0 Å². The molecule has 1 fully saturated rings. The quantitative estimate of drug-likeness (QED) is 0.767. The number of likely N-dealkylation sites (tertiary alicyclic amines) is 1. The minimum atomic E-state index is 0.115. The van der Waals surface area contributed by atoms with Crippen molar-refractivity contribution in [3.8, 4) is 11.4 Å². The highest BCUT2D eigenvalue weighted by atomic mass is 16.2.